The van der Waals surface area contributed by atoms with Crippen molar-refractivity contribution in [3.05, 3.63) is 48.8 Å². The number of esters is 1. The predicted octanol–water partition coefficient (Wildman–Crippen LogP) is 3.35. The summed E-state index contributed by atoms with van der Waals surface area (Å²) in [5.41, 5.74) is 1.10. The molecule has 2 heterocycles. The van der Waals surface area contributed by atoms with Crippen LogP contribution in [0.2, 0.25) is 0 Å². The molecule has 3 aromatic rings. The van der Waals surface area contributed by atoms with Crippen LogP contribution in [0.1, 0.15) is 10.5 Å². The number of carbonyl (C=O) groups excluding carboxylic acids is 1. The largest absolute Gasteiger partial charge is 0.464 e. The molecule has 1 aromatic carbocycles. The normalized spacial score (nSPS) is 10.9. The van der Waals surface area contributed by atoms with Gasteiger partial charge in [-0.05, 0) is 18.2 Å². The van der Waals surface area contributed by atoms with Gasteiger partial charge in [-0.2, -0.15) is 0 Å². The summed E-state index contributed by atoms with van der Waals surface area (Å²) < 4.78 is 23.6. The van der Waals surface area contributed by atoms with Crippen LogP contribution in [0, 0.1) is 5.82 Å². The monoisotopic (exact) mass is 245 g/mol. The highest BCUT2D eigenvalue weighted by atomic mass is 19.1. The van der Waals surface area contributed by atoms with Crippen molar-refractivity contribution < 1.29 is 18.3 Å². The Hall–Kier alpha value is -2.56. The second kappa shape index (κ2) is 3.73. The van der Waals surface area contributed by atoms with E-state index in [1.807, 2.05) is 0 Å². The topological polar surface area (TPSA) is 55.2 Å². The van der Waals surface area contributed by atoms with Crippen LogP contribution in [0.25, 0.3) is 21.9 Å². The molecule has 0 bridgehead atoms. The lowest BCUT2D eigenvalue weighted by Crippen LogP contribution is -1.99. The summed E-state index contributed by atoms with van der Waals surface area (Å²) in [4.78, 5) is 14.3. The van der Waals surface area contributed by atoms with Crippen LogP contribution in [0.4, 0.5) is 4.39 Å². The zero-order valence-corrected chi connectivity index (χ0v) is 9.20. The number of furan rings is 1. The van der Waals surface area contributed by atoms with E-state index in [1.54, 1.807) is 12.1 Å². The van der Waals surface area contributed by atoms with Gasteiger partial charge in [0, 0.05) is 5.39 Å². The molecule has 0 saturated heterocycles. The van der Waals surface area contributed by atoms with E-state index in [0.29, 0.717) is 21.9 Å². The lowest BCUT2D eigenvalue weighted by atomic mass is 10.2. The maximum absolute atomic E-state index is 13.7. The zero-order valence-electron chi connectivity index (χ0n) is 9.20. The van der Waals surface area contributed by atoms with Crippen LogP contribution < -0.4 is 0 Å². The van der Waals surface area contributed by atoms with E-state index in [9.17, 15) is 9.18 Å². The fourth-order valence-electron chi connectivity index (χ4n) is 1.93. The predicted molar refractivity (Wildman–Crippen MR) is 63.6 cm³/mol. The molecular formula is C13H8FNO3. The Kier molecular flexibility index (Phi) is 2.19. The van der Waals surface area contributed by atoms with Gasteiger partial charge in [-0.25, -0.2) is 9.18 Å². The molecule has 0 unspecified atom stereocenters. The number of hydrogen-bond acceptors (Lipinski definition) is 3. The van der Waals surface area contributed by atoms with Crippen molar-refractivity contribution >= 4 is 27.8 Å². The van der Waals surface area contributed by atoms with Crippen LogP contribution in [0.5, 0.6) is 0 Å². The van der Waals surface area contributed by atoms with E-state index in [-0.39, 0.29) is 5.69 Å². The third-order valence-electron chi connectivity index (χ3n) is 2.70. The number of hydrogen-bond donors (Lipinski definition) is 1. The van der Waals surface area contributed by atoms with E-state index in [1.165, 1.54) is 12.3 Å². The summed E-state index contributed by atoms with van der Waals surface area (Å²) >= 11 is 0. The van der Waals surface area contributed by atoms with Gasteiger partial charge in [0.15, 0.2) is 0 Å². The van der Waals surface area contributed by atoms with Gasteiger partial charge in [0.25, 0.3) is 0 Å². The molecule has 0 atom stereocenters. The zero-order chi connectivity index (χ0) is 12.7. The first-order chi connectivity index (χ1) is 8.70. The van der Waals surface area contributed by atoms with Gasteiger partial charge in [0.1, 0.15) is 17.1 Å². The summed E-state index contributed by atoms with van der Waals surface area (Å²) in [6, 6.07) is 4.42. The Balaban J connectivity index is 2.28. The molecule has 90 valence electrons. The summed E-state index contributed by atoms with van der Waals surface area (Å²) in [5, 5.41) is 1.01. The number of ether oxygens (including phenoxy) is 1. The summed E-state index contributed by atoms with van der Waals surface area (Å²) in [5.74, 6) is -0.988. The quantitative estimate of drug-likeness (QED) is 0.556. The van der Waals surface area contributed by atoms with Crippen LogP contribution in [-0.2, 0) is 4.74 Å². The highest BCUT2D eigenvalue weighted by molar-refractivity contribution is 6.06. The van der Waals surface area contributed by atoms with Crippen molar-refractivity contribution in [3.8, 4) is 0 Å². The third-order valence-corrected chi connectivity index (χ3v) is 2.70. The third kappa shape index (κ3) is 1.41. The van der Waals surface area contributed by atoms with Gasteiger partial charge in [-0.15, -0.1) is 0 Å². The molecule has 0 amide bonds. The van der Waals surface area contributed by atoms with Gasteiger partial charge in [0.05, 0.1) is 23.4 Å². The van der Waals surface area contributed by atoms with Crippen LogP contribution in [0.15, 0.2) is 41.7 Å². The second-order valence-electron chi connectivity index (χ2n) is 3.74. The summed E-state index contributed by atoms with van der Waals surface area (Å²) in [7, 11) is 0. The Morgan fingerprint density at radius 1 is 1.44 bits per heavy atom. The minimum atomic E-state index is -0.582. The minimum Gasteiger partial charge on any atom is -0.464 e. The fourth-order valence-corrected chi connectivity index (χ4v) is 1.93. The van der Waals surface area contributed by atoms with E-state index in [2.05, 4.69) is 16.3 Å². The molecule has 3 rings (SSSR count). The fraction of sp³-hybridized carbons (Fsp3) is 0. The molecule has 4 nitrogen and oxygen atoms in total. The first-order valence-electron chi connectivity index (χ1n) is 5.21. The second-order valence-corrected chi connectivity index (χ2v) is 3.74. The lowest BCUT2D eigenvalue weighted by Gasteiger charge is -1.93. The number of benzene rings is 1. The number of fused-ring (bicyclic) bond motifs is 3. The highest BCUT2D eigenvalue weighted by Gasteiger charge is 2.15. The molecule has 1 N–H and O–H groups in total. The highest BCUT2D eigenvalue weighted by Crippen LogP contribution is 2.29. The Morgan fingerprint density at radius 3 is 3.06 bits per heavy atom. The van der Waals surface area contributed by atoms with Gasteiger partial charge in [-0.3, -0.25) is 0 Å². The average Bonchev–Trinajstić information content (AvgIpc) is 2.93. The molecule has 0 aliphatic carbocycles. The van der Waals surface area contributed by atoms with E-state index < -0.39 is 11.8 Å². The number of H-pyrrole nitrogens is 1. The number of halogens is 1. The molecule has 2 aromatic heterocycles. The maximum atomic E-state index is 13.7. The number of carbonyl (C=O) groups is 1. The van der Waals surface area contributed by atoms with Crippen molar-refractivity contribution in [2.24, 2.45) is 0 Å². The minimum absolute atomic E-state index is 0.216. The average molecular weight is 245 g/mol. The molecule has 5 heteroatoms. The maximum Gasteiger partial charge on any atom is 0.359 e. The van der Waals surface area contributed by atoms with E-state index in [4.69, 9.17) is 4.42 Å². The Labute approximate surface area is 101 Å². The Morgan fingerprint density at radius 2 is 2.28 bits per heavy atom. The number of aromatic nitrogens is 1. The SMILES string of the molecule is C=COC(=O)c1cc2c(cc(F)c3ccoc32)[nH]1. The van der Waals surface area contributed by atoms with Crippen molar-refractivity contribution in [1.29, 1.82) is 0 Å². The van der Waals surface area contributed by atoms with Crippen LogP contribution in [-0.4, -0.2) is 11.0 Å². The molecule has 0 fully saturated rings. The molecule has 0 aliphatic heterocycles. The van der Waals surface area contributed by atoms with Crippen molar-refractivity contribution in [2.45, 2.75) is 0 Å². The lowest BCUT2D eigenvalue weighted by molar-refractivity contribution is 0.0659. The van der Waals surface area contributed by atoms with E-state index in [0.717, 1.165) is 6.26 Å². The summed E-state index contributed by atoms with van der Waals surface area (Å²) in [6.45, 7) is 3.30. The molecular weight excluding hydrogens is 237 g/mol. The van der Waals surface area contributed by atoms with Gasteiger partial charge < -0.3 is 14.1 Å². The van der Waals surface area contributed by atoms with Crippen LogP contribution in [0.3, 0.4) is 0 Å². The number of nitrogens with one attached hydrogen (secondary N) is 1. The summed E-state index contributed by atoms with van der Waals surface area (Å²) in [6.07, 6.45) is 2.44. The molecule has 18 heavy (non-hydrogen) atoms. The Bertz CT molecular complexity index is 769. The van der Waals surface area contributed by atoms with Gasteiger partial charge in [0.2, 0.25) is 0 Å². The first kappa shape index (κ1) is 10.6. The standard InChI is InChI=1S/C13H8FNO3/c1-2-17-13(16)11-5-8-10(15-11)6-9(14)7-3-4-18-12(7)8/h2-6,15H,1H2. The number of rotatable bonds is 2. The molecule has 0 aliphatic rings. The smallest absolute Gasteiger partial charge is 0.359 e. The van der Waals surface area contributed by atoms with E-state index >= 15 is 0 Å². The molecule has 0 saturated carbocycles. The van der Waals surface area contributed by atoms with Crippen molar-refractivity contribution in [1.82, 2.24) is 4.98 Å². The van der Waals surface area contributed by atoms with Crippen molar-refractivity contribution in [3.63, 3.8) is 0 Å². The molecule has 0 radical (unpaired) electrons. The first-order valence-corrected chi connectivity index (χ1v) is 5.21. The number of aromatic amines is 1. The van der Waals surface area contributed by atoms with Gasteiger partial charge in [-0.1, -0.05) is 6.58 Å². The van der Waals surface area contributed by atoms with Crippen molar-refractivity contribution in [2.75, 3.05) is 0 Å². The van der Waals surface area contributed by atoms with Crippen LogP contribution >= 0.6 is 0 Å². The van der Waals surface area contributed by atoms with Gasteiger partial charge >= 0.3 is 5.97 Å². The molecule has 0 spiro atoms.